The molecule has 1 aromatic heterocycles. The number of hydrogen-bond acceptors (Lipinski definition) is 4. The first kappa shape index (κ1) is 16.5. The molecule has 1 amide bonds. The highest BCUT2D eigenvalue weighted by atomic mass is 16.5. The van der Waals surface area contributed by atoms with Crippen molar-refractivity contribution in [2.45, 2.75) is 32.4 Å². The number of benzene rings is 1. The van der Waals surface area contributed by atoms with Crippen molar-refractivity contribution in [3.63, 3.8) is 0 Å². The van der Waals surface area contributed by atoms with E-state index in [9.17, 15) is 9.90 Å². The minimum absolute atomic E-state index is 0.0970. The van der Waals surface area contributed by atoms with Crippen molar-refractivity contribution < 1.29 is 14.6 Å². The van der Waals surface area contributed by atoms with Gasteiger partial charge in [-0.25, -0.2) is 4.68 Å². The number of aliphatic hydroxyl groups excluding tert-OH is 1. The Bertz CT molecular complexity index is 712. The van der Waals surface area contributed by atoms with Crippen molar-refractivity contribution in [1.29, 1.82) is 0 Å². The van der Waals surface area contributed by atoms with Gasteiger partial charge in [0, 0.05) is 25.6 Å². The zero-order valence-electron chi connectivity index (χ0n) is 14.1. The third-order valence-corrected chi connectivity index (χ3v) is 4.48. The lowest BCUT2D eigenvalue weighted by molar-refractivity contribution is 0.0652. The molecule has 2 heterocycles. The molecule has 1 atom stereocenters. The van der Waals surface area contributed by atoms with E-state index in [1.54, 1.807) is 16.6 Å². The highest BCUT2D eigenvalue weighted by Gasteiger charge is 2.28. The Morgan fingerprint density at radius 1 is 1.42 bits per heavy atom. The first-order valence-electron chi connectivity index (χ1n) is 8.24. The van der Waals surface area contributed by atoms with E-state index in [1.807, 2.05) is 37.3 Å². The average Bonchev–Trinajstić information content (AvgIpc) is 2.96. The van der Waals surface area contributed by atoms with Gasteiger partial charge in [-0.05, 0) is 18.9 Å². The molecule has 0 radical (unpaired) electrons. The predicted octanol–water partition coefficient (Wildman–Crippen LogP) is 1.65. The lowest BCUT2D eigenvalue weighted by Crippen LogP contribution is -2.41. The fraction of sp³-hybridized carbons (Fsp3) is 0.444. The Labute approximate surface area is 141 Å². The topological polar surface area (TPSA) is 67.6 Å². The maximum atomic E-state index is 12.9. The molecule has 0 aliphatic carbocycles. The summed E-state index contributed by atoms with van der Waals surface area (Å²) < 4.78 is 7.38. The SMILES string of the molecule is Cc1c(C(=O)N(C)C(CO)Cc2ccccc2)nn2c1OCCC2. The highest BCUT2D eigenvalue weighted by molar-refractivity contribution is 5.94. The second-order valence-corrected chi connectivity index (χ2v) is 6.15. The van der Waals surface area contributed by atoms with Gasteiger partial charge in [-0.3, -0.25) is 4.79 Å². The monoisotopic (exact) mass is 329 g/mol. The lowest BCUT2D eigenvalue weighted by Gasteiger charge is -2.26. The Kier molecular flexibility index (Phi) is 4.85. The maximum Gasteiger partial charge on any atom is 0.274 e. The van der Waals surface area contributed by atoms with Gasteiger partial charge in [-0.15, -0.1) is 0 Å². The molecule has 2 aromatic rings. The van der Waals surface area contributed by atoms with Crippen molar-refractivity contribution in [2.24, 2.45) is 0 Å². The first-order chi connectivity index (χ1) is 11.6. The summed E-state index contributed by atoms with van der Waals surface area (Å²) in [5.74, 6) is 0.495. The predicted molar refractivity (Wildman–Crippen MR) is 90.2 cm³/mol. The van der Waals surface area contributed by atoms with E-state index in [0.717, 1.165) is 24.1 Å². The molecule has 1 aromatic carbocycles. The number of aromatic nitrogens is 2. The van der Waals surface area contributed by atoms with Crippen molar-refractivity contribution in [3.8, 4) is 5.88 Å². The molecule has 0 bridgehead atoms. The van der Waals surface area contributed by atoms with Crippen molar-refractivity contribution in [3.05, 3.63) is 47.2 Å². The number of hydrogen-bond donors (Lipinski definition) is 1. The number of likely N-dealkylation sites (N-methyl/N-ethyl adjacent to an activating group) is 1. The molecule has 24 heavy (non-hydrogen) atoms. The van der Waals surface area contributed by atoms with E-state index in [-0.39, 0.29) is 18.6 Å². The molecule has 6 heteroatoms. The van der Waals surface area contributed by atoms with Crippen LogP contribution in [0.1, 0.15) is 28.0 Å². The quantitative estimate of drug-likeness (QED) is 0.906. The van der Waals surface area contributed by atoms with Crippen molar-refractivity contribution in [1.82, 2.24) is 14.7 Å². The average molecular weight is 329 g/mol. The Morgan fingerprint density at radius 2 is 2.17 bits per heavy atom. The van der Waals surface area contributed by atoms with Gasteiger partial charge in [0.15, 0.2) is 5.69 Å². The number of fused-ring (bicyclic) bond motifs is 1. The van der Waals surface area contributed by atoms with E-state index in [1.165, 1.54) is 0 Å². The number of nitrogens with zero attached hydrogens (tertiary/aromatic N) is 3. The van der Waals surface area contributed by atoms with Gasteiger partial charge in [-0.1, -0.05) is 30.3 Å². The van der Waals surface area contributed by atoms with Gasteiger partial charge in [0.2, 0.25) is 5.88 Å². The van der Waals surface area contributed by atoms with E-state index < -0.39 is 0 Å². The number of amides is 1. The summed E-state index contributed by atoms with van der Waals surface area (Å²) in [6.45, 7) is 3.18. The van der Waals surface area contributed by atoms with Crippen molar-refractivity contribution in [2.75, 3.05) is 20.3 Å². The van der Waals surface area contributed by atoms with Gasteiger partial charge in [0.25, 0.3) is 5.91 Å². The van der Waals surface area contributed by atoms with E-state index in [0.29, 0.717) is 24.6 Å². The minimum Gasteiger partial charge on any atom is -0.478 e. The van der Waals surface area contributed by atoms with Crippen LogP contribution in [0.15, 0.2) is 30.3 Å². The van der Waals surface area contributed by atoms with E-state index in [2.05, 4.69) is 5.10 Å². The van der Waals surface area contributed by atoms with Crippen molar-refractivity contribution >= 4 is 5.91 Å². The number of aliphatic hydroxyl groups is 1. The molecule has 128 valence electrons. The summed E-state index contributed by atoms with van der Waals surface area (Å²) in [6, 6.07) is 9.56. The summed E-state index contributed by atoms with van der Waals surface area (Å²) in [5, 5.41) is 14.2. The standard InChI is InChI=1S/C18H23N3O3/c1-13-16(19-21-9-6-10-24-18(13)21)17(23)20(2)15(12-22)11-14-7-4-3-5-8-14/h3-5,7-8,15,22H,6,9-12H2,1-2H3. The summed E-state index contributed by atoms with van der Waals surface area (Å²) in [5.41, 5.74) is 2.25. The van der Waals surface area contributed by atoms with Crippen LogP contribution in [0.2, 0.25) is 0 Å². The number of carbonyl (C=O) groups excluding carboxylic acids is 1. The normalized spacial score (nSPS) is 14.6. The molecule has 1 N–H and O–H groups in total. The van der Waals surface area contributed by atoms with E-state index in [4.69, 9.17) is 4.74 Å². The van der Waals surface area contributed by atoms with Gasteiger partial charge in [-0.2, -0.15) is 5.10 Å². The molecule has 0 saturated heterocycles. The van der Waals surface area contributed by atoms with Crippen LogP contribution in [0.3, 0.4) is 0 Å². The number of rotatable bonds is 5. The van der Waals surface area contributed by atoms with Crippen LogP contribution in [-0.4, -0.2) is 52.0 Å². The minimum atomic E-state index is -0.293. The number of carbonyl (C=O) groups is 1. The smallest absolute Gasteiger partial charge is 0.274 e. The largest absolute Gasteiger partial charge is 0.478 e. The summed E-state index contributed by atoms with van der Waals surface area (Å²) in [6.07, 6.45) is 1.49. The number of ether oxygens (including phenoxy) is 1. The zero-order chi connectivity index (χ0) is 17.1. The Morgan fingerprint density at radius 3 is 2.83 bits per heavy atom. The Balaban J connectivity index is 1.79. The molecule has 3 rings (SSSR count). The molecule has 0 spiro atoms. The molecule has 1 unspecified atom stereocenters. The van der Waals surface area contributed by atoms with E-state index >= 15 is 0 Å². The molecule has 0 fully saturated rings. The maximum absolute atomic E-state index is 12.9. The van der Waals surface area contributed by atoms with Crippen LogP contribution < -0.4 is 4.74 Å². The van der Waals surface area contributed by atoms with Crippen LogP contribution >= 0.6 is 0 Å². The second kappa shape index (κ2) is 7.05. The second-order valence-electron chi connectivity index (χ2n) is 6.15. The van der Waals surface area contributed by atoms with Gasteiger partial charge < -0.3 is 14.7 Å². The lowest BCUT2D eigenvalue weighted by atomic mass is 10.0. The van der Waals surface area contributed by atoms with Crippen LogP contribution in [0.5, 0.6) is 5.88 Å². The molecule has 1 aliphatic rings. The fourth-order valence-corrected chi connectivity index (χ4v) is 3.00. The molecule has 6 nitrogen and oxygen atoms in total. The third-order valence-electron chi connectivity index (χ3n) is 4.48. The molecule has 0 saturated carbocycles. The van der Waals surface area contributed by atoms with Gasteiger partial charge in [0.1, 0.15) is 0 Å². The summed E-state index contributed by atoms with van der Waals surface area (Å²) in [4.78, 5) is 14.4. The van der Waals surface area contributed by atoms with Gasteiger partial charge in [0.05, 0.1) is 19.3 Å². The molecule has 1 aliphatic heterocycles. The van der Waals surface area contributed by atoms with Crippen LogP contribution in [0.25, 0.3) is 0 Å². The van der Waals surface area contributed by atoms with Crippen LogP contribution in [-0.2, 0) is 13.0 Å². The fourth-order valence-electron chi connectivity index (χ4n) is 3.00. The third kappa shape index (κ3) is 3.14. The highest BCUT2D eigenvalue weighted by Crippen LogP contribution is 2.26. The summed E-state index contributed by atoms with van der Waals surface area (Å²) in [7, 11) is 1.71. The number of aryl methyl sites for hydroxylation is 1. The van der Waals surface area contributed by atoms with Crippen LogP contribution in [0.4, 0.5) is 0 Å². The first-order valence-corrected chi connectivity index (χ1v) is 8.24. The van der Waals surface area contributed by atoms with Gasteiger partial charge >= 0.3 is 0 Å². The molecular formula is C18H23N3O3. The Hall–Kier alpha value is -2.34. The van der Waals surface area contributed by atoms with Crippen LogP contribution in [0, 0.1) is 6.92 Å². The summed E-state index contributed by atoms with van der Waals surface area (Å²) >= 11 is 0. The molecular weight excluding hydrogens is 306 g/mol. The zero-order valence-corrected chi connectivity index (χ0v) is 14.1.